The number of nitrogens with zero attached hydrogens (tertiary/aromatic N) is 2. The number of imidazole rings is 1. The Morgan fingerprint density at radius 2 is 1.90 bits per heavy atom. The molecule has 158 valence electrons. The zero-order chi connectivity index (χ0) is 21.9. The maximum absolute atomic E-state index is 12.9. The number of carbonyl (C=O) groups excluding carboxylic acids is 1. The molecule has 30 heavy (non-hydrogen) atoms. The summed E-state index contributed by atoms with van der Waals surface area (Å²) in [5.74, 6) is -4.19. The van der Waals surface area contributed by atoms with Gasteiger partial charge in [-0.3, -0.25) is 9.36 Å². The van der Waals surface area contributed by atoms with Crippen molar-refractivity contribution in [3.05, 3.63) is 66.0 Å². The van der Waals surface area contributed by atoms with Crippen molar-refractivity contribution in [1.82, 2.24) is 9.55 Å². The van der Waals surface area contributed by atoms with Crippen LogP contribution >= 0.6 is 11.8 Å². The van der Waals surface area contributed by atoms with Crippen molar-refractivity contribution >= 4 is 33.2 Å². The zero-order valence-electron chi connectivity index (χ0n) is 16.2. The number of rotatable bonds is 7. The van der Waals surface area contributed by atoms with Gasteiger partial charge in [-0.25, -0.2) is 13.4 Å². The normalized spacial score (nSPS) is 11.6. The van der Waals surface area contributed by atoms with Crippen molar-refractivity contribution in [3.63, 3.8) is 0 Å². The number of hydrogen-bond acceptors (Lipinski definition) is 5. The number of anilines is 1. The Labute approximate surface area is 177 Å². The molecule has 3 aromatic rings. The van der Waals surface area contributed by atoms with E-state index in [-0.39, 0.29) is 11.4 Å². The topological polar surface area (TPSA) is 81.1 Å². The Balaban J connectivity index is 1.75. The number of benzene rings is 2. The van der Waals surface area contributed by atoms with E-state index >= 15 is 0 Å². The fourth-order valence-electron chi connectivity index (χ4n) is 2.81. The van der Waals surface area contributed by atoms with Gasteiger partial charge < -0.3 is 5.32 Å². The van der Waals surface area contributed by atoms with Crippen LogP contribution in [0.2, 0.25) is 0 Å². The van der Waals surface area contributed by atoms with E-state index in [1.54, 1.807) is 12.4 Å². The van der Waals surface area contributed by atoms with Crippen molar-refractivity contribution in [1.29, 1.82) is 0 Å². The highest BCUT2D eigenvalue weighted by Crippen LogP contribution is 2.27. The molecule has 6 nitrogen and oxygen atoms in total. The third-order valence-corrected chi connectivity index (χ3v) is 6.88. The van der Waals surface area contributed by atoms with Gasteiger partial charge in [0.1, 0.15) is 0 Å². The molecule has 3 rings (SSSR count). The minimum absolute atomic E-state index is 0.0784. The highest BCUT2D eigenvalue weighted by Gasteiger charge is 2.29. The number of halogens is 2. The summed E-state index contributed by atoms with van der Waals surface area (Å²) in [7, 11) is -4.83. The molecule has 1 amide bonds. The van der Waals surface area contributed by atoms with Crippen molar-refractivity contribution in [2.45, 2.75) is 29.7 Å². The van der Waals surface area contributed by atoms with Gasteiger partial charge >= 0.3 is 5.76 Å². The fraction of sp³-hybridized carbons (Fsp3) is 0.200. The van der Waals surface area contributed by atoms with E-state index in [4.69, 9.17) is 0 Å². The van der Waals surface area contributed by atoms with Gasteiger partial charge in [0.25, 0.3) is 0 Å². The first-order valence-corrected chi connectivity index (χ1v) is 11.4. The molecular weight excluding hydrogens is 432 g/mol. The molecule has 0 aliphatic rings. The summed E-state index contributed by atoms with van der Waals surface area (Å²) in [6.45, 7) is 3.99. The van der Waals surface area contributed by atoms with Crippen LogP contribution in [-0.2, 0) is 14.6 Å². The maximum atomic E-state index is 12.9. The van der Waals surface area contributed by atoms with Crippen LogP contribution in [0.1, 0.15) is 11.1 Å². The molecule has 0 fully saturated rings. The van der Waals surface area contributed by atoms with Crippen LogP contribution in [0.5, 0.6) is 0 Å². The number of aryl methyl sites for hydroxylation is 1. The van der Waals surface area contributed by atoms with E-state index in [2.05, 4.69) is 10.3 Å². The second-order valence-electron chi connectivity index (χ2n) is 6.44. The first kappa shape index (κ1) is 22.0. The lowest BCUT2D eigenvalue weighted by atomic mass is 10.1. The SMILES string of the molecule is Cc1cccc(-n2ccnc2SCC(=O)Nc2ccccc2S(=O)(=O)C(F)F)c1C. The number of carbonyl (C=O) groups is 1. The predicted molar refractivity (Wildman–Crippen MR) is 112 cm³/mol. The van der Waals surface area contributed by atoms with Gasteiger partial charge in [0.15, 0.2) is 5.16 Å². The minimum Gasteiger partial charge on any atom is -0.324 e. The standard InChI is InChI=1S/C20H19F2N3O3S2/c1-13-6-5-8-16(14(13)2)25-11-10-23-20(25)29-12-18(26)24-15-7-3-4-9-17(15)30(27,28)19(21)22/h3-11,19H,12H2,1-2H3,(H,24,26). The summed E-state index contributed by atoms with van der Waals surface area (Å²) in [5.41, 5.74) is 2.95. The van der Waals surface area contributed by atoms with Crippen molar-refractivity contribution < 1.29 is 22.0 Å². The summed E-state index contributed by atoms with van der Waals surface area (Å²) in [5, 5.41) is 2.98. The molecule has 1 N–H and O–H groups in total. The van der Waals surface area contributed by atoms with Crippen molar-refractivity contribution in [3.8, 4) is 5.69 Å². The molecular formula is C20H19F2N3O3S2. The van der Waals surface area contributed by atoms with E-state index in [1.165, 1.54) is 18.2 Å². The number of sulfone groups is 1. The van der Waals surface area contributed by atoms with E-state index in [0.717, 1.165) is 34.6 Å². The molecule has 1 aromatic heterocycles. The molecule has 0 aliphatic heterocycles. The molecule has 0 saturated carbocycles. The molecule has 0 radical (unpaired) electrons. The lowest BCUT2D eigenvalue weighted by molar-refractivity contribution is -0.113. The Morgan fingerprint density at radius 1 is 1.17 bits per heavy atom. The molecule has 0 aliphatic carbocycles. The predicted octanol–water partition coefficient (Wildman–Crippen LogP) is 4.22. The third-order valence-electron chi connectivity index (χ3n) is 4.48. The second-order valence-corrected chi connectivity index (χ2v) is 9.27. The molecule has 0 saturated heterocycles. The second kappa shape index (κ2) is 8.97. The first-order valence-electron chi connectivity index (χ1n) is 8.85. The quantitative estimate of drug-likeness (QED) is 0.544. The lowest BCUT2D eigenvalue weighted by Gasteiger charge is -2.13. The monoisotopic (exact) mass is 451 g/mol. The summed E-state index contributed by atoms with van der Waals surface area (Å²) in [6, 6.07) is 11.0. The number of thioether (sulfide) groups is 1. The van der Waals surface area contributed by atoms with Gasteiger partial charge in [-0.2, -0.15) is 8.78 Å². The zero-order valence-corrected chi connectivity index (χ0v) is 17.8. The van der Waals surface area contributed by atoms with E-state index < -0.39 is 26.4 Å². The minimum atomic E-state index is -4.83. The van der Waals surface area contributed by atoms with Crippen molar-refractivity contribution in [2.24, 2.45) is 0 Å². The van der Waals surface area contributed by atoms with Gasteiger partial charge in [0.05, 0.1) is 22.0 Å². The number of alkyl halides is 2. The molecule has 0 spiro atoms. The molecule has 0 bridgehead atoms. The Hall–Kier alpha value is -2.72. The average molecular weight is 452 g/mol. The largest absolute Gasteiger partial charge is 0.341 e. The molecule has 0 atom stereocenters. The Kier molecular flexibility index (Phi) is 6.57. The molecule has 2 aromatic carbocycles. The fourth-order valence-corrected chi connectivity index (χ4v) is 4.46. The summed E-state index contributed by atoms with van der Waals surface area (Å²) < 4.78 is 51.3. The highest BCUT2D eigenvalue weighted by molar-refractivity contribution is 7.99. The van der Waals surface area contributed by atoms with Crippen LogP contribution in [0.25, 0.3) is 5.69 Å². The van der Waals surface area contributed by atoms with Gasteiger partial charge in [-0.15, -0.1) is 0 Å². The number of nitrogens with one attached hydrogen (secondary N) is 1. The molecule has 0 unspecified atom stereocenters. The van der Waals surface area contributed by atoms with Crippen molar-refractivity contribution in [2.75, 3.05) is 11.1 Å². The molecule has 1 heterocycles. The van der Waals surface area contributed by atoms with Crippen LogP contribution < -0.4 is 5.32 Å². The first-order chi connectivity index (χ1) is 14.2. The summed E-state index contributed by atoms with van der Waals surface area (Å²) in [6.07, 6.45) is 3.40. The molecule has 10 heteroatoms. The van der Waals surface area contributed by atoms with Gasteiger partial charge in [0.2, 0.25) is 15.7 Å². The summed E-state index contributed by atoms with van der Waals surface area (Å²) >= 11 is 1.15. The Morgan fingerprint density at radius 3 is 2.63 bits per heavy atom. The smallest absolute Gasteiger partial charge is 0.324 e. The van der Waals surface area contributed by atoms with Gasteiger partial charge in [-0.05, 0) is 43.2 Å². The van der Waals surface area contributed by atoms with Crippen LogP contribution in [0.4, 0.5) is 14.5 Å². The number of amides is 1. The summed E-state index contributed by atoms with van der Waals surface area (Å²) in [4.78, 5) is 16.0. The van der Waals surface area contributed by atoms with E-state index in [0.29, 0.717) is 5.16 Å². The van der Waals surface area contributed by atoms with Crippen LogP contribution in [0.15, 0.2) is 64.9 Å². The maximum Gasteiger partial charge on any atom is 0.341 e. The third kappa shape index (κ3) is 4.54. The van der Waals surface area contributed by atoms with Crippen LogP contribution in [0, 0.1) is 13.8 Å². The number of para-hydroxylation sites is 1. The van der Waals surface area contributed by atoms with Gasteiger partial charge in [0, 0.05) is 12.4 Å². The number of hydrogen-bond donors (Lipinski definition) is 1. The van der Waals surface area contributed by atoms with Gasteiger partial charge in [-0.1, -0.05) is 36.0 Å². The number of aromatic nitrogens is 2. The highest BCUT2D eigenvalue weighted by atomic mass is 32.2. The van der Waals surface area contributed by atoms with Crippen LogP contribution in [-0.4, -0.2) is 35.4 Å². The van der Waals surface area contributed by atoms with E-state index in [1.807, 2.05) is 36.6 Å². The lowest BCUT2D eigenvalue weighted by Crippen LogP contribution is -2.19. The van der Waals surface area contributed by atoms with E-state index in [9.17, 15) is 22.0 Å². The average Bonchev–Trinajstić information content (AvgIpc) is 3.17. The Bertz CT molecular complexity index is 1180. The van der Waals surface area contributed by atoms with Crippen LogP contribution in [0.3, 0.4) is 0 Å².